The van der Waals surface area contributed by atoms with Crippen LogP contribution in [0.1, 0.15) is 58.8 Å². The molecule has 0 radical (unpaired) electrons. The number of carbonyl (C=O) groups excluding carboxylic acids is 1. The maximum absolute atomic E-state index is 11.8. The Morgan fingerprint density at radius 2 is 2.00 bits per heavy atom. The summed E-state index contributed by atoms with van der Waals surface area (Å²) in [4.78, 5) is 11.8. The van der Waals surface area contributed by atoms with Crippen molar-refractivity contribution in [1.29, 1.82) is 0 Å². The molecule has 0 aromatic rings. The molecule has 0 aromatic heterocycles. The number of ether oxygens (including phenoxy) is 1. The van der Waals surface area contributed by atoms with Gasteiger partial charge in [-0.25, -0.2) is 0 Å². The number of hydrogen-bond donors (Lipinski definition) is 2. The minimum atomic E-state index is -0.433. The van der Waals surface area contributed by atoms with Crippen LogP contribution in [0.2, 0.25) is 0 Å². The van der Waals surface area contributed by atoms with Crippen LogP contribution in [0.15, 0.2) is 12.2 Å². The van der Waals surface area contributed by atoms with Crippen LogP contribution in [-0.2, 0) is 9.53 Å². The molecule has 136 valence electrons. The third-order valence-electron chi connectivity index (χ3n) is 7.54. The standard InChI is InChI=1S/C20H32O4/c1-13-4-7-16-19(2,10-8-17(22)20(16,3)12-21)15(13)6-5-14-9-11-24-18(14)23/h14-17,21-22H,1,4-12H2,2-3H3/t14?,15-,16+,17-,19+,20+/m1/s1. The van der Waals surface area contributed by atoms with Crippen molar-refractivity contribution in [2.75, 3.05) is 13.2 Å². The minimum absolute atomic E-state index is 0.0303. The Morgan fingerprint density at radius 3 is 2.62 bits per heavy atom. The second-order valence-electron chi connectivity index (χ2n) is 8.76. The van der Waals surface area contributed by atoms with Crippen LogP contribution in [-0.4, -0.2) is 35.5 Å². The third kappa shape index (κ3) is 2.72. The highest BCUT2D eigenvalue weighted by Gasteiger charge is 2.57. The smallest absolute Gasteiger partial charge is 0.309 e. The lowest BCUT2D eigenvalue weighted by Gasteiger charge is -2.60. The number of cyclic esters (lactones) is 1. The quantitative estimate of drug-likeness (QED) is 0.611. The fraction of sp³-hybridized carbons (Fsp3) is 0.850. The molecule has 0 spiro atoms. The van der Waals surface area contributed by atoms with E-state index in [2.05, 4.69) is 13.5 Å². The molecule has 0 aromatic carbocycles. The number of allylic oxidation sites excluding steroid dienone is 1. The van der Waals surface area contributed by atoms with Gasteiger partial charge in [0.2, 0.25) is 0 Å². The first-order valence-electron chi connectivity index (χ1n) is 9.46. The van der Waals surface area contributed by atoms with Crippen molar-refractivity contribution in [3.05, 3.63) is 12.2 Å². The normalized spacial score (nSPS) is 45.8. The van der Waals surface area contributed by atoms with Crippen LogP contribution in [0, 0.1) is 28.6 Å². The number of hydrogen-bond acceptors (Lipinski definition) is 4. The van der Waals surface area contributed by atoms with Crippen molar-refractivity contribution < 1.29 is 19.7 Å². The highest BCUT2D eigenvalue weighted by molar-refractivity contribution is 5.74. The molecule has 1 heterocycles. The molecule has 3 fully saturated rings. The lowest BCUT2D eigenvalue weighted by Crippen LogP contribution is -2.57. The molecule has 1 unspecified atom stereocenters. The highest BCUT2D eigenvalue weighted by atomic mass is 16.5. The summed E-state index contributed by atoms with van der Waals surface area (Å²) in [6, 6.07) is 0. The van der Waals surface area contributed by atoms with E-state index in [1.807, 2.05) is 6.92 Å². The summed E-state index contributed by atoms with van der Waals surface area (Å²) in [5.41, 5.74) is 0.907. The number of fused-ring (bicyclic) bond motifs is 1. The second kappa shape index (κ2) is 6.45. The van der Waals surface area contributed by atoms with E-state index in [0.29, 0.717) is 18.4 Å². The van der Waals surface area contributed by atoms with Gasteiger partial charge in [-0.1, -0.05) is 26.0 Å². The summed E-state index contributed by atoms with van der Waals surface area (Å²) < 4.78 is 5.10. The molecule has 4 nitrogen and oxygen atoms in total. The van der Waals surface area contributed by atoms with E-state index in [-0.39, 0.29) is 23.9 Å². The van der Waals surface area contributed by atoms with E-state index in [9.17, 15) is 15.0 Å². The van der Waals surface area contributed by atoms with Gasteiger partial charge in [-0.2, -0.15) is 0 Å². The summed E-state index contributed by atoms with van der Waals surface area (Å²) in [5, 5.41) is 20.5. The Labute approximate surface area is 145 Å². The molecule has 2 saturated carbocycles. The number of aliphatic hydroxyl groups excluding tert-OH is 2. The largest absolute Gasteiger partial charge is 0.465 e. The fourth-order valence-corrected chi connectivity index (χ4v) is 5.90. The van der Waals surface area contributed by atoms with Gasteiger partial charge in [0.1, 0.15) is 0 Å². The van der Waals surface area contributed by atoms with Crippen molar-refractivity contribution in [2.45, 2.75) is 64.9 Å². The van der Waals surface area contributed by atoms with Gasteiger partial charge >= 0.3 is 5.97 Å². The molecule has 1 aliphatic heterocycles. The third-order valence-corrected chi connectivity index (χ3v) is 7.54. The van der Waals surface area contributed by atoms with Crippen molar-refractivity contribution in [2.24, 2.45) is 28.6 Å². The van der Waals surface area contributed by atoms with Gasteiger partial charge in [0, 0.05) is 5.41 Å². The van der Waals surface area contributed by atoms with Crippen LogP contribution in [0.25, 0.3) is 0 Å². The highest BCUT2D eigenvalue weighted by Crippen LogP contribution is 2.61. The van der Waals surface area contributed by atoms with Crippen molar-refractivity contribution >= 4 is 5.97 Å². The van der Waals surface area contributed by atoms with Crippen LogP contribution >= 0.6 is 0 Å². The SMILES string of the molecule is C=C1CC[C@@H]2[C@](C)(CO)[C@H](O)CC[C@@]2(C)[C@@H]1CCC1CCOC1=O. The first-order chi connectivity index (χ1) is 11.3. The molecular formula is C20H32O4. The number of rotatable bonds is 4. The first-order valence-corrected chi connectivity index (χ1v) is 9.46. The average molecular weight is 336 g/mol. The summed E-state index contributed by atoms with van der Waals surface area (Å²) in [5.74, 6) is 0.658. The lowest BCUT2D eigenvalue weighted by atomic mass is 9.46. The maximum atomic E-state index is 11.8. The minimum Gasteiger partial charge on any atom is -0.465 e. The second-order valence-corrected chi connectivity index (χ2v) is 8.76. The Hall–Kier alpha value is -0.870. The fourth-order valence-electron chi connectivity index (χ4n) is 5.90. The van der Waals surface area contributed by atoms with Gasteiger partial charge < -0.3 is 14.9 Å². The molecule has 0 bridgehead atoms. The Balaban J connectivity index is 1.80. The monoisotopic (exact) mass is 336 g/mol. The molecule has 1 saturated heterocycles. The molecule has 0 amide bonds. The molecule has 24 heavy (non-hydrogen) atoms. The van der Waals surface area contributed by atoms with E-state index < -0.39 is 11.5 Å². The molecule has 2 N–H and O–H groups in total. The van der Waals surface area contributed by atoms with Gasteiger partial charge in [-0.3, -0.25) is 4.79 Å². The Bertz CT molecular complexity index is 516. The average Bonchev–Trinajstić information content (AvgIpc) is 2.96. The molecule has 6 atom stereocenters. The molecule has 2 aliphatic carbocycles. The van der Waals surface area contributed by atoms with E-state index in [1.54, 1.807) is 0 Å². The predicted octanol–water partition coefficient (Wildman–Crippen LogP) is 3.07. The van der Waals surface area contributed by atoms with Crippen LogP contribution in [0.3, 0.4) is 0 Å². The zero-order valence-electron chi connectivity index (χ0n) is 15.1. The van der Waals surface area contributed by atoms with Gasteiger partial charge in [0.25, 0.3) is 0 Å². The van der Waals surface area contributed by atoms with Gasteiger partial charge in [0.05, 0.1) is 25.2 Å². The molecule has 3 aliphatic rings. The van der Waals surface area contributed by atoms with Crippen LogP contribution < -0.4 is 0 Å². The summed E-state index contributed by atoms with van der Waals surface area (Å²) in [6.07, 6.45) is 5.88. The zero-order valence-corrected chi connectivity index (χ0v) is 15.1. The van der Waals surface area contributed by atoms with E-state index in [1.165, 1.54) is 5.57 Å². The summed E-state index contributed by atoms with van der Waals surface area (Å²) >= 11 is 0. The maximum Gasteiger partial charge on any atom is 0.309 e. The Kier molecular flexibility index (Phi) is 4.82. The topological polar surface area (TPSA) is 66.8 Å². The van der Waals surface area contributed by atoms with E-state index in [4.69, 9.17) is 4.74 Å². The van der Waals surface area contributed by atoms with E-state index in [0.717, 1.165) is 44.9 Å². The number of esters is 1. The van der Waals surface area contributed by atoms with Crippen molar-refractivity contribution in [3.63, 3.8) is 0 Å². The first kappa shape index (κ1) is 17.9. The van der Waals surface area contributed by atoms with Gasteiger partial charge in [0.15, 0.2) is 0 Å². The zero-order chi connectivity index (χ0) is 17.5. The van der Waals surface area contributed by atoms with Crippen molar-refractivity contribution in [1.82, 2.24) is 0 Å². The number of carbonyl (C=O) groups is 1. The number of aliphatic hydroxyl groups is 2. The molecular weight excluding hydrogens is 304 g/mol. The lowest BCUT2D eigenvalue weighted by molar-refractivity contribution is -0.153. The van der Waals surface area contributed by atoms with Crippen molar-refractivity contribution in [3.8, 4) is 0 Å². The summed E-state index contributed by atoms with van der Waals surface area (Å²) in [7, 11) is 0. The van der Waals surface area contributed by atoms with Crippen LogP contribution in [0.4, 0.5) is 0 Å². The Morgan fingerprint density at radius 1 is 1.25 bits per heavy atom. The van der Waals surface area contributed by atoms with Crippen LogP contribution in [0.5, 0.6) is 0 Å². The van der Waals surface area contributed by atoms with Gasteiger partial charge in [-0.15, -0.1) is 0 Å². The molecule has 4 heteroatoms. The summed E-state index contributed by atoms with van der Waals surface area (Å²) in [6.45, 7) is 9.30. The van der Waals surface area contributed by atoms with Gasteiger partial charge in [-0.05, 0) is 62.2 Å². The van der Waals surface area contributed by atoms with E-state index >= 15 is 0 Å². The predicted molar refractivity (Wildman–Crippen MR) is 92.2 cm³/mol. The molecule has 3 rings (SSSR count).